The summed E-state index contributed by atoms with van der Waals surface area (Å²) in [5.74, 6) is -0.604. The van der Waals surface area contributed by atoms with Crippen LogP contribution in [0.1, 0.15) is 6.92 Å². The largest absolute Gasteiger partial charge is 0.388 e. The highest BCUT2D eigenvalue weighted by Gasteiger charge is 2.14. The van der Waals surface area contributed by atoms with Crippen molar-refractivity contribution < 1.29 is 13.2 Å². The maximum Gasteiger partial charge on any atom is 0.264 e. The molecule has 0 aliphatic heterocycles. The van der Waals surface area contributed by atoms with E-state index < -0.39 is 15.9 Å². The van der Waals surface area contributed by atoms with E-state index in [0.717, 1.165) is 12.6 Å². The number of carbonyl (C=O) groups excluding carboxylic acids is 1. The Bertz CT molecular complexity index is 451. The van der Waals surface area contributed by atoms with Gasteiger partial charge in [-0.05, 0) is 24.3 Å². The minimum Gasteiger partial charge on any atom is -0.388 e. The van der Waals surface area contributed by atoms with Gasteiger partial charge in [0.25, 0.3) is 10.0 Å². The van der Waals surface area contributed by atoms with Crippen LogP contribution in [0, 0.1) is 0 Å². The molecule has 0 saturated carbocycles. The lowest BCUT2D eigenvalue weighted by atomic mass is 10.3. The van der Waals surface area contributed by atoms with Gasteiger partial charge in [0, 0.05) is 19.7 Å². The highest BCUT2D eigenvalue weighted by molar-refractivity contribution is 7.90. The van der Waals surface area contributed by atoms with E-state index in [9.17, 15) is 13.2 Å². The molecule has 15 heavy (non-hydrogen) atoms. The molecule has 82 valence electrons. The van der Waals surface area contributed by atoms with Crippen LogP contribution in [0.4, 0.5) is 5.69 Å². The van der Waals surface area contributed by atoms with Crippen LogP contribution in [0.15, 0.2) is 29.2 Å². The SMILES string of the molecule is CNc1ccc(S(=O)(=O)NC(C)=O)cc1. The first-order valence-corrected chi connectivity index (χ1v) is 5.75. The van der Waals surface area contributed by atoms with E-state index in [2.05, 4.69) is 5.32 Å². The highest BCUT2D eigenvalue weighted by Crippen LogP contribution is 2.12. The van der Waals surface area contributed by atoms with Crippen LogP contribution in [0.2, 0.25) is 0 Å². The third kappa shape index (κ3) is 2.95. The second-order valence-corrected chi connectivity index (χ2v) is 4.62. The van der Waals surface area contributed by atoms with Crippen LogP contribution in [-0.4, -0.2) is 21.4 Å². The lowest BCUT2D eigenvalue weighted by molar-refractivity contribution is -0.117. The van der Waals surface area contributed by atoms with Crippen molar-refractivity contribution in [2.24, 2.45) is 0 Å². The lowest BCUT2D eigenvalue weighted by Gasteiger charge is -2.05. The Labute approximate surface area is 88.5 Å². The zero-order chi connectivity index (χ0) is 11.5. The van der Waals surface area contributed by atoms with Gasteiger partial charge in [0.15, 0.2) is 0 Å². The van der Waals surface area contributed by atoms with E-state index in [1.807, 2.05) is 4.72 Å². The van der Waals surface area contributed by atoms with Crippen LogP contribution in [-0.2, 0) is 14.8 Å². The van der Waals surface area contributed by atoms with E-state index in [1.54, 1.807) is 19.2 Å². The number of sulfonamides is 1. The van der Waals surface area contributed by atoms with Gasteiger partial charge in [0.2, 0.25) is 5.91 Å². The van der Waals surface area contributed by atoms with Gasteiger partial charge in [-0.1, -0.05) is 0 Å². The molecule has 0 unspecified atom stereocenters. The number of rotatable bonds is 3. The fourth-order valence-electron chi connectivity index (χ4n) is 1.05. The Balaban J connectivity index is 3.01. The predicted octanol–water partition coefficient (Wildman–Crippen LogP) is 0.553. The first kappa shape index (κ1) is 11.5. The molecule has 0 atom stereocenters. The number of hydrogen-bond acceptors (Lipinski definition) is 4. The highest BCUT2D eigenvalue weighted by atomic mass is 32.2. The molecule has 0 aromatic heterocycles. The average molecular weight is 228 g/mol. The number of nitrogens with one attached hydrogen (secondary N) is 2. The minimum atomic E-state index is -3.71. The van der Waals surface area contributed by atoms with Crippen molar-refractivity contribution in [3.8, 4) is 0 Å². The van der Waals surface area contributed by atoms with E-state index in [4.69, 9.17) is 0 Å². The molecule has 0 bridgehead atoms. The topological polar surface area (TPSA) is 75.3 Å². The fourth-order valence-corrected chi connectivity index (χ4v) is 2.04. The molecule has 1 amide bonds. The van der Waals surface area contributed by atoms with Gasteiger partial charge in [0.1, 0.15) is 0 Å². The summed E-state index contributed by atoms with van der Waals surface area (Å²) in [5, 5.41) is 2.86. The Morgan fingerprint density at radius 3 is 2.13 bits per heavy atom. The van der Waals surface area contributed by atoms with Gasteiger partial charge >= 0.3 is 0 Å². The number of carbonyl (C=O) groups is 1. The van der Waals surface area contributed by atoms with Crippen LogP contribution >= 0.6 is 0 Å². The van der Waals surface area contributed by atoms with Crippen LogP contribution in [0.5, 0.6) is 0 Å². The van der Waals surface area contributed by atoms with Gasteiger partial charge in [0.05, 0.1) is 4.90 Å². The van der Waals surface area contributed by atoms with Gasteiger partial charge in [-0.2, -0.15) is 0 Å². The molecule has 1 aromatic carbocycles. The molecule has 0 heterocycles. The first-order chi connectivity index (χ1) is 6.95. The van der Waals surface area contributed by atoms with Gasteiger partial charge < -0.3 is 5.32 Å². The van der Waals surface area contributed by atoms with Crippen LogP contribution in [0.25, 0.3) is 0 Å². The van der Waals surface area contributed by atoms with Crippen molar-refractivity contribution in [2.45, 2.75) is 11.8 Å². The van der Waals surface area contributed by atoms with Crippen molar-refractivity contribution in [1.29, 1.82) is 0 Å². The third-order valence-electron chi connectivity index (χ3n) is 1.73. The Kier molecular flexibility index (Phi) is 3.31. The summed E-state index contributed by atoms with van der Waals surface area (Å²) in [5.41, 5.74) is 0.803. The standard InChI is InChI=1S/C9H12N2O3S/c1-7(12)11-15(13,14)9-5-3-8(10-2)4-6-9/h3-6,10H,1-2H3,(H,11,12). The lowest BCUT2D eigenvalue weighted by Crippen LogP contribution is -2.28. The molecule has 0 aliphatic carbocycles. The van der Waals surface area contributed by atoms with E-state index in [-0.39, 0.29) is 4.90 Å². The molecule has 1 aromatic rings. The molecular weight excluding hydrogens is 216 g/mol. The summed E-state index contributed by atoms with van der Waals surface area (Å²) < 4.78 is 24.9. The smallest absolute Gasteiger partial charge is 0.264 e. The zero-order valence-electron chi connectivity index (χ0n) is 8.44. The molecule has 6 heteroatoms. The molecule has 0 aliphatic rings. The van der Waals surface area contributed by atoms with Crippen molar-refractivity contribution in [3.63, 3.8) is 0 Å². The maximum atomic E-state index is 11.5. The van der Waals surface area contributed by atoms with E-state index in [1.165, 1.54) is 12.1 Å². The molecule has 0 fully saturated rings. The van der Waals surface area contributed by atoms with Crippen molar-refractivity contribution in [3.05, 3.63) is 24.3 Å². The number of hydrogen-bond donors (Lipinski definition) is 2. The van der Waals surface area contributed by atoms with Crippen molar-refractivity contribution >= 4 is 21.6 Å². The molecule has 0 saturated heterocycles. The Morgan fingerprint density at radius 2 is 1.73 bits per heavy atom. The Morgan fingerprint density at radius 1 is 1.20 bits per heavy atom. The normalized spacial score (nSPS) is 10.8. The van der Waals surface area contributed by atoms with E-state index >= 15 is 0 Å². The number of benzene rings is 1. The maximum absolute atomic E-state index is 11.5. The first-order valence-electron chi connectivity index (χ1n) is 4.27. The van der Waals surface area contributed by atoms with E-state index in [0.29, 0.717) is 0 Å². The second-order valence-electron chi connectivity index (χ2n) is 2.94. The van der Waals surface area contributed by atoms with Crippen molar-refractivity contribution in [1.82, 2.24) is 4.72 Å². The molecule has 0 radical (unpaired) electrons. The Hall–Kier alpha value is -1.56. The van der Waals surface area contributed by atoms with Crippen molar-refractivity contribution in [2.75, 3.05) is 12.4 Å². The quantitative estimate of drug-likeness (QED) is 0.792. The summed E-state index contributed by atoms with van der Waals surface area (Å²) in [4.78, 5) is 10.7. The fraction of sp³-hybridized carbons (Fsp3) is 0.222. The van der Waals surface area contributed by atoms with Gasteiger partial charge in [-0.25, -0.2) is 13.1 Å². The van der Waals surface area contributed by atoms with Crippen LogP contribution < -0.4 is 10.0 Å². The summed E-state index contributed by atoms with van der Waals surface area (Å²) in [6.07, 6.45) is 0. The average Bonchev–Trinajstić information content (AvgIpc) is 2.16. The molecular formula is C9H12N2O3S. The summed E-state index contributed by atoms with van der Waals surface area (Å²) in [7, 11) is -1.98. The minimum absolute atomic E-state index is 0.0664. The summed E-state index contributed by atoms with van der Waals surface area (Å²) >= 11 is 0. The molecule has 0 spiro atoms. The third-order valence-corrected chi connectivity index (χ3v) is 3.18. The van der Waals surface area contributed by atoms with Crippen LogP contribution in [0.3, 0.4) is 0 Å². The number of amides is 1. The number of anilines is 1. The summed E-state index contributed by atoms with van der Waals surface area (Å²) in [6, 6.07) is 6.09. The molecule has 5 nitrogen and oxygen atoms in total. The predicted molar refractivity (Wildman–Crippen MR) is 57.0 cm³/mol. The molecule has 1 rings (SSSR count). The van der Waals surface area contributed by atoms with Gasteiger partial charge in [-0.15, -0.1) is 0 Å². The monoisotopic (exact) mass is 228 g/mol. The second kappa shape index (κ2) is 4.31. The molecule has 2 N–H and O–H groups in total. The zero-order valence-corrected chi connectivity index (χ0v) is 9.26. The summed E-state index contributed by atoms with van der Waals surface area (Å²) in [6.45, 7) is 1.15. The van der Waals surface area contributed by atoms with Gasteiger partial charge in [-0.3, -0.25) is 4.79 Å².